The highest BCUT2D eigenvalue weighted by atomic mass is 16.2. The summed E-state index contributed by atoms with van der Waals surface area (Å²) < 4.78 is 0. The average Bonchev–Trinajstić information content (AvgIpc) is 2.80. The number of amides is 1. The molecule has 1 aromatic carbocycles. The van der Waals surface area contributed by atoms with Gasteiger partial charge in [0.2, 0.25) is 5.91 Å². The number of fused-ring (bicyclic) bond motifs is 1. The number of anilines is 1. The number of rotatable bonds is 10. The number of nitrogens with one attached hydrogen (secondary N) is 1. The van der Waals surface area contributed by atoms with Crippen molar-refractivity contribution in [1.29, 1.82) is 5.26 Å². The Kier molecular flexibility index (Phi) is 8.63. The summed E-state index contributed by atoms with van der Waals surface area (Å²) in [5.74, 6) is -0.517. The van der Waals surface area contributed by atoms with Crippen LogP contribution in [-0.2, 0) is 4.79 Å². The van der Waals surface area contributed by atoms with E-state index in [9.17, 15) is 10.1 Å². The van der Waals surface area contributed by atoms with Crippen molar-refractivity contribution in [1.82, 2.24) is 15.3 Å². The van der Waals surface area contributed by atoms with Crippen molar-refractivity contribution in [3.05, 3.63) is 30.0 Å². The molecule has 1 atom stereocenters. The third kappa shape index (κ3) is 5.94. The lowest BCUT2D eigenvalue weighted by atomic mass is 9.94. The number of para-hydroxylation sites is 2. The molecule has 6 nitrogen and oxygen atoms in total. The molecule has 6 heteroatoms. The Morgan fingerprint density at radius 1 is 1.10 bits per heavy atom. The molecule has 1 saturated carbocycles. The summed E-state index contributed by atoms with van der Waals surface area (Å²) in [4.78, 5) is 25.1. The molecular formula is C25H35N5O. The van der Waals surface area contributed by atoms with E-state index in [-0.39, 0.29) is 11.9 Å². The number of hydrogen-bond donors (Lipinski definition) is 1. The molecule has 0 saturated heterocycles. The first-order chi connectivity index (χ1) is 15.2. The molecule has 31 heavy (non-hydrogen) atoms. The lowest BCUT2D eigenvalue weighted by molar-refractivity contribution is -0.122. The Morgan fingerprint density at radius 2 is 1.71 bits per heavy atom. The van der Waals surface area contributed by atoms with Crippen LogP contribution in [0.5, 0.6) is 0 Å². The fourth-order valence-corrected chi connectivity index (χ4v) is 4.23. The number of nitriles is 1. The van der Waals surface area contributed by atoms with E-state index in [2.05, 4.69) is 30.1 Å². The van der Waals surface area contributed by atoms with Crippen LogP contribution >= 0.6 is 0 Å². The average molecular weight is 422 g/mol. The Balaban J connectivity index is 1.99. The zero-order valence-electron chi connectivity index (χ0n) is 18.9. The van der Waals surface area contributed by atoms with Crippen molar-refractivity contribution in [2.75, 3.05) is 18.0 Å². The van der Waals surface area contributed by atoms with E-state index in [4.69, 9.17) is 9.97 Å². The van der Waals surface area contributed by atoms with E-state index in [1.807, 2.05) is 24.3 Å². The van der Waals surface area contributed by atoms with E-state index in [1.165, 1.54) is 6.42 Å². The molecule has 0 radical (unpaired) electrons. The molecule has 1 N–H and O–H groups in total. The first-order valence-electron chi connectivity index (χ1n) is 11.9. The molecule has 0 aliphatic heterocycles. The molecular weight excluding hydrogens is 386 g/mol. The first kappa shape index (κ1) is 23.0. The smallest absolute Gasteiger partial charge is 0.243 e. The number of unbranched alkanes of at least 4 members (excludes halogenated alkanes) is 2. The number of carbonyl (C=O) groups excluding carboxylic acids is 1. The molecule has 1 unspecified atom stereocenters. The van der Waals surface area contributed by atoms with Crippen molar-refractivity contribution in [2.45, 2.75) is 83.6 Å². The van der Waals surface area contributed by atoms with Crippen LogP contribution < -0.4 is 10.2 Å². The molecule has 3 rings (SSSR count). The highest BCUT2D eigenvalue weighted by Gasteiger charge is 2.30. The Morgan fingerprint density at radius 3 is 2.29 bits per heavy atom. The Bertz CT molecular complexity index is 892. The van der Waals surface area contributed by atoms with Crippen molar-refractivity contribution >= 4 is 22.8 Å². The van der Waals surface area contributed by atoms with Gasteiger partial charge in [-0.25, -0.2) is 9.97 Å². The maximum Gasteiger partial charge on any atom is 0.243 e. The van der Waals surface area contributed by atoms with Crippen molar-refractivity contribution in [3.63, 3.8) is 0 Å². The van der Waals surface area contributed by atoms with Crippen LogP contribution in [0.2, 0.25) is 0 Å². The van der Waals surface area contributed by atoms with Gasteiger partial charge in [0.05, 0.1) is 17.1 Å². The second kappa shape index (κ2) is 11.6. The minimum atomic E-state index is -0.959. The Hall–Kier alpha value is -2.68. The van der Waals surface area contributed by atoms with E-state index < -0.39 is 5.92 Å². The molecule has 1 fully saturated rings. The normalized spacial score (nSPS) is 15.4. The summed E-state index contributed by atoms with van der Waals surface area (Å²) in [6.45, 7) is 6.03. The van der Waals surface area contributed by atoms with Gasteiger partial charge in [0.1, 0.15) is 5.69 Å². The van der Waals surface area contributed by atoms with Gasteiger partial charge in [-0.2, -0.15) is 5.26 Å². The summed E-state index contributed by atoms with van der Waals surface area (Å²) in [6, 6.07) is 10.1. The molecule has 2 aromatic rings. The van der Waals surface area contributed by atoms with Crippen LogP contribution in [0.25, 0.3) is 11.0 Å². The fourth-order valence-electron chi connectivity index (χ4n) is 4.23. The molecule has 166 valence electrons. The molecule has 1 aromatic heterocycles. The minimum Gasteiger partial charge on any atom is -0.355 e. The third-order valence-electron chi connectivity index (χ3n) is 6.06. The van der Waals surface area contributed by atoms with Crippen molar-refractivity contribution in [2.24, 2.45) is 0 Å². The summed E-state index contributed by atoms with van der Waals surface area (Å²) in [5.41, 5.74) is 2.00. The molecule has 0 spiro atoms. The Labute approximate surface area is 186 Å². The predicted octanol–water partition coefficient (Wildman–Crippen LogP) is 5.09. The quantitative estimate of drug-likeness (QED) is 0.578. The van der Waals surface area contributed by atoms with Gasteiger partial charge in [-0.15, -0.1) is 0 Å². The molecule has 1 heterocycles. The van der Waals surface area contributed by atoms with Gasteiger partial charge in [-0.1, -0.05) is 58.1 Å². The fraction of sp³-hybridized carbons (Fsp3) is 0.600. The maximum absolute atomic E-state index is 13.2. The molecule has 1 aliphatic rings. The van der Waals surface area contributed by atoms with Crippen LogP contribution in [0.3, 0.4) is 0 Å². The maximum atomic E-state index is 13.2. The molecule has 1 aliphatic carbocycles. The topological polar surface area (TPSA) is 81.9 Å². The highest BCUT2D eigenvalue weighted by Crippen LogP contribution is 2.29. The number of hydrogen-bond acceptors (Lipinski definition) is 5. The van der Waals surface area contributed by atoms with Crippen LogP contribution in [0.4, 0.5) is 5.82 Å². The van der Waals surface area contributed by atoms with Crippen molar-refractivity contribution in [3.8, 4) is 6.07 Å². The van der Waals surface area contributed by atoms with E-state index in [0.717, 1.165) is 75.5 Å². The van der Waals surface area contributed by atoms with E-state index >= 15 is 0 Å². The number of aromatic nitrogens is 2. The largest absolute Gasteiger partial charge is 0.355 e. The zero-order chi connectivity index (χ0) is 22.1. The summed E-state index contributed by atoms with van der Waals surface area (Å²) >= 11 is 0. The van der Waals surface area contributed by atoms with Crippen LogP contribution in [0.1, 0.15) is 83.2 Å². The lowest BCUT2D eigenvalue weighted by Gasteiger charge is -2.28. The lowest BCUT2D eigenvalue weighted by Crippen LogP contribution is -2.39. The van der Waals surface area contributed by atoms with Crippen LogP contribution in [0, 0.1) is 11.3 Å². The zero-order valence-corrected chi connectivity index (χ0v) is 18.9. The standard InChI is InChI=1S/C25H35N5O/c1-3-5-16-30(17-6-4-2)24-23(28-21-14-10-11-15-22(21)29-24)20(18-26)25(31)27-19-12-8-7-9-13-19/h10-11,14-15,19-20H,3-9,12-13,16-17H2,1-2H3,(H,27,31). The number of carbonyl (C=O) groups is 1. The van der Waals surface area contributed by atoms with Crippen molar-refractivity contribution < 1.29 is 4.79 Å². The van der Waals surface area contributed by atoms with Gasteiger partial charge in [-0.05, 0) is 37.8 Å². The monoisotopic (exact) mass is 421 g/mol. The highest BCUT2D eigenvalue weighted by molar-refractivity contribution is 5.89. The second-order valence-electron chi connectivity index (χ2n) is 8.52. The van der Waals surface area contributed by atoms with Crippen LogP contribution in [0.15, 0.2) is 24.3 Å². The van der Waals surface area contributed by atoms with Gasteiger partial charge in [0.25, 0.3) is 0 Å². The van der Waals surface area contributed by atoms with Gasteiger partial charge in [-0.3, -0.25) is 4.79 Å². The van der Waals surface area contributed by atoms with Gasteiger partial charge in [0, 0.05) is 19.1 Å². The molecule has 0 bridgehead atoms. The van der Waals surface area contributed by atoms with Crippen LogP contribution in [-0.4, -0.2) is 35.0 Å². The second-order valence-corrected chi connectivity index (χ2v) is 8.52. The van der Waals surface area contributed by atoms with Gasteiger partial charge in [0.15, 0.2) is 11.7 Å². The van der Waals surface area contributed by atoms with Gasteiger partial charge >= 0.3 is 0 Å². The predicted molar refractivity (Wildman–Crippen MR) is 125 cm³/mol. The van der Waals surface area contributed by atoms with E-state index in [1.54, 1.807) is 0 Å². The first-order valence-corrected chi connectivity index (χ1v) is 11.9. The summed E-state index contributed by atoms with van der Waals surface area (Å²) in [5, 5.41) is 13.1. The van der Waals surface area contributed by atoms with E-state index in [0.29, 0.717) is 11.5 Å². The molecule has 1 amide bonds. The third-order valence-corrected chi connectivity index (χ3v) is 6.06. The number of nitrogens with zero attached hydrogens (tertiary/aromatic N) is 4. The number of benzene rings is 1. The SMILES string of the molecule is CCCCN(CCCC)c1nc2ccccc2nc1C(C#N)C(=O)NC1CCCCC1. The summed E-state index contributed by atoms with van der Waals surface area (Å²) in [7, 11) is 0. The summed E-state index contributed by atoms with van der Waals surface area (Å²) in [6.07, 6.45) is 9.66. The van der Waals surface area contributed by atoms with Gasteiger partial charge < -0.3 is 10.2 Å². The minimum absolute atomic E-state index is 0.158.